The van der Waals surface area contributed by atoms with Gasteiger partial charge in [-0.25, -0.2) is 0 Å². The van der Waals surface area contributed by atoms with Crippen LogP contribution in [0.15, 0.2) is 64.6 Å². The van der Waals surface area contributed by atoms with Gasteiger partial charge >= 0.3 is 6.36 Å². The van der Waals surface area contributed by atoms with Crippen molar-refractivity contribution >= 4 is 23.1 Å². The van der Waals surface area contributed by atoms with E-state index < -0.39 is 35.6 Å². The van der Waals surface area contributed by atoms with Gasteiger partial charge in [0.15, 0.2) is 0 Å². The van der Waals surface area contributed by atoms with Gasteiger partial charge in [-0.1, -0.05) is 19.9 Å². The lowest BCUT2D eigenvalue weighted by Crippen LogP contribution is -2.29. The monoisotopic (exact) mass is 515 g/mol. The quantitative estimate of drug-likeness (QED) is 0.237. The van der Waals surface area contributed by atoms with E-state index in [1.807, 2.05) is 13.8 Å². The molecule has 0 bridgehead atoms. The number of anilines is 1. The van der Waals surface area contributed by atoms with Crippen LogP contribution < -0.4 is 14.4 Å². The Morgan fingerprint density at radius 2 is 1.81 bits per heavy atom. The molecule has 1 N–H and O–H groups in total. The number of benzene rings is 2. The lowest BCUT2D eigenvalue weighted by molar-refractivity contribution is -0.274. The number of amides is 1. The average molecular weight is 515 g/mol. The molecule has 1 unspecified atom stereocenters. The van der Waals surface area contributed by atoms with Crippen LogP contribution in [0.5, 0.6) is 11.5 Å². The van der Waals surface area contributed by atoms with Crippen LogP contribution in [0.4, 0.5) is 18.9 Å². The summed E-state index contributed by atoms with van der Waals surface area (Å²) in [6, 6.07) is 11.5. The second-order valence-electron chi connectivity index (χ2n) is 8.77. The molecule has 37 heavy (non-hydrogen) atoms. The number of rotatable bonds is 6. The topological polar surface area (TPSA) is 89.2 Å². The fraction of sp³-hybridized carbons (Fsp3) is 0.259. The molecule has 2 aromatic carbocycles. The van der Waals surface area contributed by atoms with Crippen molar-refractivity contribution in [2.75, 3.05) is 12.0 Å². The highest BCUT2D eigenvalue weighted by Gasteiger charge is 2.48. The molecule has 194 valence electrons. The number of hydrogen-bond donors (Lipinski definition) is 1. The Morgan fingerprint density at radius 3 is 2.41 bits per heavy atom. The third-order valence-corrected chi connectivity index (χ3v) is 5.93. The first-order valence-corrected chi connectivity index (χ1v) is 11.3. The van der Waals surface area contributed by atoms with E-state index in [1.165, 1.54) is 25.3 Å². The first kappa shape index (κ1) is 25.9. The minimum atomic E-state index is -4.95. The number of furan rings is 1. The molecule has 1 aromatic heterocycles. The molecular formula is C27H24F3NO6. The molecule has 1 aliphatic heterocycles. The molecule has 1 aliphatic rings. The molecule has 10 heteroatoms. The number of halogens is 3. The fourth-order valence-electron chi connectivity index (χ4n) is 4.29. The third kappa shape index (κ3) is 5.04. The SMILES string of the molecule is COc1ccc(/C(O)=C2/C(=O)C(=O)N(c3cccc(OC(F)(F)F)c3)C2c2ccc(C)o2)cc1C(C)C. The summed E-state index contributed by atoms with van der Waals surface area (Å²) >= 11 is 0. The number of aliphatic hydroxyl groups is 1. The largest absolute Gasteiger partial charge is 0.573 e. The van der Waals surface area contributed by atoms with Gasteiger partial charge in [0.2, 0.25) is 0 Å². The van der Waals surface area contributed by atoms with Gasteiger partial charge in [0.1, 0.15) is 34.8 Å². The molecule has 1 saturated heterocycles. The maximum absolute atomic E-state index is 13.3. The lowest BCUT2D eigenvalue weighted by atomic mass is 9.95. The second kappa shape index (κ2) is 9.68. The van der Waals surface area contributed by atoms with E-state index in [0.717, 1.165) is 22.6 Å². The van der Waals surface area contributed by atoms with E-state index in [0.29, 0.717) is 11.5 Å². The van der Waals surface area contributed by atoms with Crippen molar-refractivity contribution in [1.82, 2.24) is 0 Å². The number of carbonyl (C=O) groups excluding carboxylic acids is 2. The standard InChI is InChI=1S/C27H24F3NO6/c1-14(2)19-12-16(9-11-20(19)35-4)24(32)22-23(21-10-8-15(3)36-21)31(26(34)25(22)33)17-6-5-7-18(13-17)37-27(28,29)30/h5-14,23,32H,1-4H3/b24-22-. The summed E-state index contributed by atoms with van der Waals surface area (Å²) in [6.45, 7) is 5.52. The van der Waals surface area contributed by atoms with Crippen LogP contribution in [0.1, 0.15) is 48.5 Å². The van der Waals surface area contributed by atoms with Crippen LogP contribution in [-0.2, 0) is 9.59 Å². The van der Waals surface area contributed by atoms with Crippen molar-refractivity contribution in [1.29, 1.82) is 0 Å². The van der Waals surface area contributed by atoms with Crippen molar-refractivity contribution in [2.45, 2.75) is 39.1 Å². The van der Waals surface area contributed by atoms with Gasteiger partial charge in [0, 0.05) is 17.3 Å². The number of nitrogens with zero attached hydrogens (tertiary/aromatic N) is 1. The second-order valence-corrected chi connectivity index (χ2v) is 8.77. The molecule has 3 aromatic rings. The van der Waals surface area contributed by atoms with Crippen molar-refractivity contribution in [3.8, 4) is 11.5 Å². The zero-order valence-corrected chi connectivity index (χ0v) is 20.4. The van der Waals surface area contributed by atoms with E-state index in [2.05, 4.69) is 4.74 Å². The normalized spacial score (nSPS) is 17.5. The Kier molecular flexibility index (Phi) is 6.77. The number of alkyl halides is 3. The Morgan fingerprint density at radius 1 is 1.08 bits per heavy atom. The van der Waals surface area contributed by atoms with Crippen LogP contribution in [0.25, 0.3) is 5.76 Å². The van der Waals surface area contributed by atoms with Crippen LogP contribution in [0.2, 0.25) is 0 Å². The molecule has 1 atom stereocenters. The summed E-state index contributed by atoms with van der Waals surface area (Å²) in [5.74, 6) is -1.84. The molecule has 1 amide bonds. The summed E-state index contributed by atoms with van der Waals surface area (Å²) < 4.78 is 53.5. The number of aliphatic hydroxyl groups excluding tert-OH is 1. The number of hydrogen-bond acceptors (Lipinski definition) is 6. The molecule has 4 rings (SSSR count). The van der Waals surface area contributed by atoms with Gasteiger partial charge < -0.3 is 19.0 Å². The minimum absolute atomic E-state index is 0.0185. The van der Waals surface area contributed by atoms with Crippen LogP contribution in [-0.4, -0.2) is 30.3 Å². The number of methoxy groups -OCH3 is 1. The van der Waals surface area contributed by atoms with E-state index in [-0.39, 0.29) is 28.5 Å². The highest BCUT2D eigenvalue weighted by molar-refractivity contribution is 6.51. The molecule has 0 saturated carbocycles. The number of Topliss-reactive ketones (excluding diaryl/α,β-unsaturated/α-hetero) is 1. The summed E-state index contributed by atoms with van der Waals surface area (Å²) in [4.78, 5) is 27.5. The van der Waals surface area contributed by atoms with Crippen LogP contribution in [0, 0.1) is 6.92 Å². The van der Waals surface area contributed by atoms with Crippen LogP contribution in [0.3, 0.4) is 0 Å². The highest BCUT2D eigenvalue weighted by Crippen LogP contribution is 2.44. The fourth-order valence-corrected chi connectivity index (χ4v) is 4.29. The van der Waals surface area contributed by atoms with E-state index in [4.69, 9.17) is 9.15 Å². The lowest BCUT2D eigenvalue weighted by Gasteiger charge is -2.24. The smallest absolute Gasteiger partial charge is 0.507 e. The summed E-state index contributed by atoms with van der Waals surface area (Å²) in [6.07, 6.45) is -4.95. The zero-order chi connectivity index (χ0) is 27.1. The van der Waals surface area contributed by atoms with Crippen LogP contribution >= 0.6 is 0 Å². The minimum Gasteiger partial charge on any atom is -0.507 e. The maximum Gasteiger partial charge on any atom is 0.573 e. The van der Waals surface area contributed by atoms with Gasteiger partial charge in [-0.15, -0.1) is 13.2 Å². The molecule has 7 nitrogen and oxygen atoms in total. The molecule has 2 heterocycles. The van der Waals surface area contributed by atoms with Crippen molar-refractivity contribution in [3.05, 3.63) is 82.8 Å². The zero-order valence-electron chi connectivity index (χ0n) is 20.4. The van der Waals surface area contributed by atoms with Crippen molar-refractivity contribution in [3.63, 3.8) is 0 Å². The van der Waals surface area contributed by atoms with E-state index in [1.54, 1.807) is 31.2 Å². The Balaban J connectivity index is 1.90. The molecule has 0 aliphatic carbocycles. The first-order valence-electron chi connectivity index (χ1n) is 11.3. The predicted octanol–water partition coefficient (Wildman–Crippen LogP) is 6.24. The number of carbonyl (C=O) groups is 2. The van der Waals surface area contributed by atoms with E-state index in [9.17, 15) is 27.9 Å². The summed E-state index contributed by atoms with van der Waals surface area (Å²) in [7, 11) is 1.52. The molecule has 0 spiro atoms. The Bertz CT molecular complexity index is 1390. The molecular weight excluding hydrogens is 491 g/mol. The highest BCUT2D eigenvalue weighted by atomic mass is 19.4. The summed E-state index contributed by atoms with van der Waals surface area (Å²) in [5.41, 5.74) is 0.731. The van der Waals surface area contributed by atoms with E-state index >= 15 is 0 Å². The van der Waals surface area contributed by atoms with Gasteiger partial charge in [0.05, 0.1) is 12.7 Å². The predicted molar refractivity (Wildman–Crippen MR) is 128 cm³/mol. The molecule has 1 fully saturated rings. The Labute approximate surface area is 210 Å². The number of aryl methyl sites for hydroxylation is 1. The average Bonchev–Trinajstić information content (AvgIpc) is 3.37. The Hall–Kier alpha value is -4.21. The van der Waals surface area contributed by atoms with Gasteiger partial charge in [-0.2, -0.15) is 0 Å². The maximum atomic E-state index is 13.3. The van der Waals surface area contributed by atoms with Gasteiger partial charge in [-0.3, -0.25) is 14.5 Å². The number of ketones is 1. The molecule has 0 radical (unpaired) electrons. The first-order chi connectivity index (χ1) is 17.4. The van der Waals surface area contributed by atoms with Crippen molar-refractivity contribution in [2.24, 2.45) is 0 Å². The third-order valence-electron chi connectivity index (χ3n) is 5.93. The van der Waals surface area contributed by atoms with Gasteiger partial charge in [-0.05, 0) is 60.9 Å². The summed E-state index contributed by atoms with van der Waals surface area (Å²) in [5, 5.41) is 11.3. The van der Waals surface area contributed by atoms with Crippen molar-refractivity contribution < 1.29 is 41.8 Å². The van der Waals surface area contributed by atoms with Gasteiger partial charge in [0.25, 0.3) is 11.7 Å². The number of ether oxygens (including phenoxy) is 2.